The molecular formula is C14H17N3O2S. The van der Waals surface area contributed by atoms with Gasteiger partial charge in [0.25, 0.3) is 0 Å². The molecule has 2 atom stereocenters. The van der Waals surface area contributed by atoms with Crippen LogP contribution in [0, 0.1) is 0 Å². The second-order valence-electron chi connectivity index (χ2n) is 4.62. The molecule has 1 aromatic carbocycles. The summed E-state index contributed by atoms with van der Waals surface area (Å²) in [6.45, 7) is 5.54. The summed E-state index contributed by atoms with van der Waals surface area (Å²) in [4.78, 5) is 0. The maximum absolute atomic E-state index is 5.93. The minimum Gasteiger partial charge on any atom is -0.485 e. The maximum atomic E-state index is 5.93. The molecule has 20 heavy (non-hydrogen) atoms. The smallest absolute Gasteiger partial charge is 0.186 e. The number of ether oxygens (including phenoxy) is 2. The highest BCUT2D eigenvalue weighted by Gasteiger charge is 2.26. The molecule has 106 valence electrons. The summed E-state index contributed by atoms with van der Waals surface area (Å²) in [5.74, 6) is 1.55. The third-order valence-electron chi connectivity index (χ3n) is 3.12. The van der Waals surface area contributed by atoms with E-state index in [1.54, 1.807) is 11.3 Å². The molecule has 5 nitrogen and oxygen atoms in total. The molecule has 1 aliphatic heterocycles. The lowest BCUT2D eigenvalue weighted by atomic mass is 10.3. The van der Waals surface area contributed by atoms with Gasteiger partial charge < -0.3 is 14.8 Å². The van der Waals surface area contributed by atoms with Gasteiger partial charge in [0.05, 0.1) is 6.04 Å². The summed E-state index contributed by atoms with van der Waals surface area (Å²) in [7, 11) is 0. The molecule has 0 fully saturated rings. The van der Waals surface area contributed by atoms with Crippen molar-refractivity contribution in [2.75, 3.05) is 13.2 Å². The highest BCUT2D eigenvalue weighted by Crippen LogP contribution is 2.36. The Morgan fingerprint density at radius 1 is 1.35 bits per heavy atom. The average Bonchev–Trinajstić information content (AvgIpc) is 2.97. The molecule has 0 bridgehead atoms. The van der Waals surface area contributed by atoms with Crippen molar-refractivity contribution in [1.29, 1.82) is 0 Å². The molecule has 3 rings (SSSR count). The SMILES string of the molecule is CCNC(C)c1nnc(C2COc3ccccc3O2)s1. The van der Waals surface area contributed by atoms with Gasteiger partial charge in [-0.2, -0.15) is 0 Å². The molecule has 0 amide bonds. The number of para-hydroxylation sites is 2. The number of fused-ring (bicyclic) bond motifs is 1. The van der Waals surface area contributed by atoms with Crippen molar-refractivity contribution in [2.24, 2.45) is 0 Å². The van der Waals surface area contributed by atoms with Crippen LogP contribution >= 0.6 is 11.3 Å². The second kappa shape index (κ2) is 5.76. The number of nitrogens with one attached hydrogen (secondary N) is 1. The first-order chi connectivity index (χ1) is 9.78. The monoisotopic (exact) mass is 291 g/mol. The van der Waals surface area contributed by atoms with Crippen molar-refractivity contribution in [1.82, 2.24) is 15.5 Å². The number of aromatic nitrogens is 2. The van der Waals surface area contributed by atoms with Crippen molar-refractivity contribution < 1.29 is 9.47 Å². The first-order valence-electron chi connectivity index (χ1n) is 6.73. The van der Waals surface area contributed by atoms with E-state index < -0.39 is 0 Å². The van der Waals surface area contributed by atoms with Gasteiger partial charge in [-0.15, -0.1) is 10.2 Å². The van der Waals surface area contributed by atoms with E-state index in [9.17, 15) is 0 Å². The van der Waals surface area contributed by atoms with E-state index >= 15 is 0 Å². The van der Waals surface area contributed by atoms with E-state index in [-0.39, 0.29) is 12.1 Å². The molecule has 2 unspecified atom stereocenters. The Labute approximate surface area is 121 Å². The highest BCUT2D eigenvalue weighted by atomic mass is 32.1. The van der Waals surface area contributed by atoms with Crippen molar-refractivity contribution in [3.05, 3.63) is 34.3 Å². The Balaban J connectivity index is 1.75. The Hall–Kier alpha value is -1.66. The molecule has 0 spiro atoms. The molecule has 6 heteroatoms. The lowest BCUT2D eigenvalue weighted by Gasteiger charge is -2.24. The zero-order valence-corrected chi connectivity index (χ0v) is 12.3. The molecule has 0 radical (unpaired) electrons. The van der Waals surface area contributed by atoms with Gasteiger partial charge in [-0.1, -0.05) is 30.4 Å². The summed E-state index contributed by atoms with van der Waals surface area (Å²) in [6.07, 6.45) is -0.176. The molecule has 1 N–H and O–H groups in total. The van der Waals surface area contributed by atoms with Gasteiger partial charge in [0.1, 0.15) is 11.6 Å². The lowest BCUT2D eigenvalue weighted by molar-refractivity contribution is 0.0906. The number of nitrogens with zero attached hydrogens (tertiary/aromatic N) is 2. The number of hydrogen-bond acceptors (Lipinski definition) is 6. The predicted octanol–water partition coefficient (Wildman–Crippen LogP) is 2.72. The van der Waals surface area contributed by atoms with Crippen LogP contribution < -0.4 is 14.8 Å². The number of rotatable bonds is 4. The van der Waals surface area contributed by atoms with E-state index in [0.717, 1.165) is 28.1 Å². The van der Waals surface area contributed by atoms with Crippen molar-refractivity contribution in [3.8, 4) is 11.5 Å². The quantitative estimate of drug-likeness (QED) is 0.938. The molecule has 2 aromatic rings. The van der Waals surface area contributed by atoms with E-state index in [2.05, 4.69) is 29.4 Å². The van der Waals surface area contributed by atoms with Gasteiger partial charge in [0.15, 0.2) is 22.6 Å². The van der Waals surface area contributed by atoms with Gasteiger partial charge in [-0.3, -0.25) is 0 Å². The summed E-state index contributed by atoms with van der Waals surface area (Å²) in [5, 5.41) is 13.6. The van der Waals surface area contributed by atoms with Gasteiger partial charge in [0.2, 0.25) is 0 Å². The Bertz CT molecular complexity index is 587. The summed E-state index contributed by atoms with van der Waals surface area (Å²) in [5.41, 5.74) is 0. The summed E-state index contributed by atoms with van der Waals surface area (Å²) in [6, 6.07) is 7.89. The van der Waals surface area contributed by atoms with E-state index in [0.29, 0.717) is 6.61 Å². The lowest BCUT2D eigenvalue weighted by Crippen LogP contribution is -2.21. The van der Waals surface area contributed by atoms with Crippen molar-refractivity contribution in [2.45, 2.75) is 26.0 Å². The van der Waals surface area contributed by atoms with Crippen LogP contribution in [0.15, 0.2) is 24.3 Å². The van der Waals surface area contributed by atoms with Crippen molar-refractivity contribution >= 4 is 11.3 Å². The Kier molecular flexibility index (Phi) is 3.84. The van der Waals surface area contributed by atoms with Crippen LogP contribution in [0.25, 0.3) is 0 Å². The molecule has 0 saturated heterocycles. The zero-order chi connectivity index (χ0) is 13.9. The molecule has 1 aliphatic rings. The first-order valence-corrected chi connectivity index (χ1v) is 7.54. The van der Waals surface area contributed by atoms with Crippen LogP contribution in [0.3, 0.4) is 0 Å². The Morgan fingerprint density at radius 2 is 2.15 bits per heavy atom. The molecule has 1 aromatic heterocycles. The van der Waals surface area contributed by atoms with Gasteiger partial charge in [-0.25, -0.2) is 0 Å². The van der Waals surface area contributed by atoms with E-state index in [4.69, 9.17) is 9.47 Å². The molecule has 2 heterocycles. The van der Waals surface area contributed by atoms with Gasteiger partial charge in [-0.05, 0) is 25.6 Å². The molecule has 0 aliphatic carbocycles. The fourth-order valence-corrected chi connectivity index (χ4v) is 2.97. The first kappa shape index (κ1) is 13.3. The third kappa shape index (κ3) is 2.62. The normalized spacial score (nSPS) is 18.8. The fourth-order valence-electron chi connectivity index (χ4n) is 2.09. The second-order valence-corrected chi connectivity index (χ2v) is 5.66. The van der Waals surface area contributed by atoms with E-state index in [1.165, 1.54) is 0 Å². The fraction of sp³-hybridized carbons (Fsp3) is 0.429. The zero-order valence-electron chi connectivity index (χ0n) is 11.5. The van der Waals surface area contributed by atoms with Crippen LogP contribution in [0.5, 0.6) is 11.5 Å². The van der Waals surface area contributed by atoms with Crippen LogP contribution in [0.2, 0.25) is 0 Å². The summed E-state index contributed by atoms with van der Waals surface area (Å²) >= 11 is 1.57. The van der Waals surface area contributed by atoms with Crippen LogP contribution in [-0.4, -0.2) is 23.3 Å². The van der Waals surface area contributed by atoms with Crippen molar-refractivity contribution in [3.63, 3.8) is 0 Å². The summed E-state index contributed by atoms with van der Waals surface area (Å²) < 4.78 is 11.6. The average molecular weight is 291 g/mol. The largest absolute Gasteiger partial charge is 0.485 e. The van der Waals surface area contributed by atoms with Crippen LogP contribution in [-0.2, 0) is 0 Å². The third-order valence-corrected chi connectivity index (χ3v) is 4.32. The predicted molar refractivity (Wildman–Crippen MR) is 77.3 cm³/mol. The highest BCUT2D eigenvalue weighted by molar-refractivity contribution is 7.11. The minimum absolute atomic E-state index is 0.176. The van der Waals surface area contributed by atoms with Crippen LogP contribution in [0.4, 0.5) is 0 Å². The van der Waals surface area contributed by atoms with Gasteiger partial charge in [0, 0.05) is 0 Å². The Morgan fingerprint density at radius 3 is 2.95 bits per heavy atom. The minimum atomic E-state index is -0.176. The standard InChI is InChI=1S/C14H17N3O2S/c1-3-15-9(2)13-16-17-14(20-13)12-8-18-10-6-4-5-7-11(10)19-12/h4-7,9,12,15H,3,8H2,1-2H3. The molecular weight excluding hydrogens is 274 g/mol. The molecule has 0 saturated carbocycles. The van der Waals surface area contributed by atoms with Gasteiger partial charge >= 0.3 is 0 Å². The van der Waals surface area contributed by atoms with Crippen LogP contribution in [0.1, 0.15) is 36.0 Å². The van der Waals surface area contributed by atoms with E-state index in [1.807, 2.05) is 24.3 Å². The topological polar surface area (TPSA) is 56.3 Å². The maximum Gasteiger partial charge on any atom is 0.186 e. The number of benzene rings is 1. The number of hydrogen-bond donors (Lipinski definition) is 1.